The van der Waals surface area contributed by atoms with Crippen LogP contribution in [0.1, 0.15) is 27.6 Å². The fourth-order valence-corrected chi connectivity index (χ4v) is 2.83. The molecule has 27 heavy (non-hydrogen) atoms. The maximum absolute atomic E-state index is 12.6. The van der Waals surface area contributed by atoms with Crippen molar-refractivity contribution >= 4 is 34.9 Å². The molecule has 0 spiro atoms. The topological polar surface area (TPSA) is 72.9 Å². The molecule has 0 aliphatic rings. The van der Waals surface area contributed by atoms with Crippen LogP contribution in [0.2, 0.25) is 5.02 Å². The third kappa shape index (κ3) is 5.70. The molecule has 0 fully saturated rings. The Labute approximate surface area is 164 Å². The Kier molecular flexibility index (Phi) is 7.21. The minimum atomic E-state index is -1.05. The van der Waals surface area contributed by atoms with Gasteiger partial charge in [-0.1, -0.05) is 17.7 Å². The van der Waals surface area contributed by atoms with E-state index in [1.165, 1.54) is 6.07 Å². The first kappa shape index (κ1) is 20.7. The Balaban J connectivity index is 2.37. The monoisotopic (exact) mass is 389 g/mol. The molecule has 2 aromatic rings. The standard InChI is InChI=1S/C20H24ClN3O3/c1-4-24(11-10-23(2)3)18-9-8-15(20(26)27)13-17(18)22-19(25)14-6-5-7-16(21)12-14/h5-9,12-13H,4,10-11H2,1-3H3,(H,22,25)(H,26,27). The zero-order valence-electron chi connectivity index (χ0n) is 15.7. The molecular weight excluding hydrogens is 366 g/mol. The second-order valence-corrected chi connectivity index (χ2v) is 6.82. The fraction of sp³-hybridized carbons (Fsp3) is 0.300. The van der Waals surface area contributed by atoms with Crippen LogP contribution in [0.5, 0.6) is 0 Å². The van der Waals surface area contributed by atoms with E-state index < -0.39 is 5.97 Å². The molecule has 2 N–H and O–H groups in total. The van der Waals surface area contributed by atoms with Gasteiger partial charge in [-0.2, -0.15) is 0 Å². The Morgan fingerprint density at radius 1 is 1.07 bits per heavy atom. The third-order valence-electron chi connectivity index (χ3n) is 4.12. The highest BCUT2D eigenvalue weighted by Gasteiger charge is 2.16. The predicted molar refractivity (Wildman–Crippen MR) is 109 cm³/mol. The summed E-state index contributed by atoms with van der Waals surface area (Å²) < 4.78 is 0. The zero-order valence-corrected chi connectivity index (χ0v) is 16.5. The van der Waals surface area contributed by atoms with Gasteiger partial charge in [-0.3, -0.25) is 4.79 Å². The molecule has 0 radical (unpaired) electrons. The van der Waals surface area contributed by atoms with E-state index in [9.17, 15) is 14.7 Å². The summed E-state index contributed by atoms with van der Waals surface area (Å²) in [5.74, 6) is -1.39. The summed E-state index contributed by atoms with van der Waals surface area (Å²) in [4.78, 5) is 28.2. The number of hydrogen-bond donors (Lipinski definition) is 2. The molecule has 2 aromatic carbocycles. The number of nitrogens with one attached hydrogen (secondary N) is 1. The summed E-state index contributed by atoms with van der Waals surface area (Å²) in [5.41, 5.74) is 1.76. The van der Waals surface area contributed by atoms with Crippen LogP contribution in [0.4, 0.5) is 11.4 Å². The van der Waals surface area contributed by atoms with Gasteiger partial charge in [-0.15, -0.1) is 0 Å². The van der Waals surface area contributed by atoms with Crippen molar-refractivity contribution in [3.05, 3.63) is 58.6 Å². The molecule has 1 amide bonds. The van der Waals surface area contributed by atoms with Crippen molar-refractivity contribution in [3.8, 4) is 0 Å². The van der Waals surface area contributed by atoms with E-state index in [1.54, 1.807) is 36.4 Å². The maximum atomic E-state index is 12.6. The lowest BCUT2D eigenvalue weighted by Crippen LogP contribution is -2.32. The molecule has 0 atom stereocenters. The van der Waals surface area contributed by atoms with Gasteiger partial charge in [-0.05, 0) is 57.4 Å². The van der Waals surface area contributed by atoms with Gasteiger partial charge in [0.05, 0.1) is 16.9 Å². The molecule has 144 valence electrons. The van der Waals surface area contributed by atoms with E-state index in [-0.39, 0.29) is 11.5 Å². The van der Waals surface area contributed by atoms with Gasteiger partial charge in [0.15, 0.2) is 0 Å². The van der Waals surface area contributed by atoms with E-state index in [1.807, 2.05) is 21.0 Å². The number of nitrogens with zero attached hydrogens (tertiary/aromatic N) is 2. The highest BCUT2D eigenvalue weighted by molar-refractivity contribution is 6.31. The second kappa shape index (κ2) is 9.39. The SMILES string of the molecule is CCN(CCN(C)C)c1ccc(C(=O)O)cc1NC(=O)c1cccc(Cl)c1. The third-order valence-corrected chi connectivity index (χ3v) is 4.35. The first-order valence-corrected chi connectivity index (χ1v) is 9.03. The molecule has 0 aliphatic heterocycles. The van der Waals surface area contributed by atoms with Gasteiger partial charge in [-0.25, -0.2) is 4.79 Å². The van der Waals surface area contributed by atoms with Crippen LogP contribution in [-0.4, -0.2) is 55.6 Å². The van der Waals surface area contributed by atoms with E-state index in [2.05, 4.69) is 15.1 Å². The Bertz CT molecular complexity index is 824. The highest BCUT2D eigenvalue weighted by atomic mass is 35.5. The highest BCUT2D eigenvalue weighted by Crippen LogP contribution is 2.28. The van der Waals surface area contributed by atoms with Crippen molar-refractivity contribution in [1.29, 1.82) is 0 Å². The van der Waals surface area contributed by atoms with E-state index in [0.717, 1.165) is 25.3 Å². The van der Waals surface area contributed by atoms with Crippen molar-refractivity contribution < 1.29 is 14.7 Å². The molecule has 2 rings (SSSR count). The Hall–Kier alpha value is -2.57. The molecule has 7 heteroatoms. The van der Waals surface area contributed by atoms with Crippen LogP contribution >= 0.6 is 11.6 Å². The van der Waals surface area contributed by atoms with Gasteiger partial charge in [0.1, 0.15) is 0 Å². The number of likely N-dealkylation sites (N-methyl/N-ethyl adjacent to an activating group) is 2. The summed E-state index contributed by atoms with van der Waals surface area (Å²) in [6.45, 7) is 4.32. The Morgan fingerprint density at radius 2 is 1.81 bits per heavy atom. The molecule has 0 saturated heterocycles. The van der Waals surface area contributed by atoms with Crippen LogP contribution < -0.4 is 10.2 Å². The summed E-state index contributed by atoms with van der Waals surface area (Å²) in [6.07, 6.45) is 0. The molecule has 0 aromatic heterocycles. The van der Waals surface area contributed by atoms with Gasteiger partial charge in [0.25, 0.3) is 5.91 Å². The summed E-state index contributed by atoms with van der Waals surface area (Å²) >= 11 is 5.96. The van der Waals surface area contributed by atoms with Crippen LogP contribution in [-0.2, 0) is 0 Å². The minimum Gasteiger partial charge on any atom is -0.478 e. The molecule has 6 nitrogen and oxygen atoms in total. The molecule has 0 heterocycles. The molecule has 0 aliphatic carbocycles. The van der Waals surface area contributed by atoms with Gasteiger partial charge in [0.2, 0.25) is 0 Å². The lowest BCUT2D eigenvalue weighted by Gasteiger charge is -2.27. The number of carboxylic acids is 1. The van der Waals surface area contributed by atoms with E-state index in [4.69, 9.17) is 11.6 Å². The smallest absolute Gasteiger partial charge is 0.335 e. The summed E-state index contributed by atoms with van der Waals surface area (Å²) in [7, 11) is 3.98. The average molecular weight is 390 g/mol. The lowest BCUT2D eigenvalue weighted by atomic mass is 10.1. The van der Waals surface area contributed by atoms with E-state index >= 15 is 0 Å². The number of rotatable bonds is 8. The predicted octanol–water partition coefficient (Wildman–Crippen LogP) is 3.68. The van der Waals surface area contributed by atoms with Crippen LogP contribution in [0.3, 0.4) is 0 Å². The van der Waals surface area contributed by atoms with Crippen LogP contribution in [0.15, 0.2) is 42.5 Å². The zero-order chi connectivity index (χ0) is 20.0. The lowest BCUT2D eigenvalue weighted by molar-refractivity contribution is 0.0696. The minimum absolute atomic E-state index is 0.115. The molecule has 0 bridgehead atoms. The van der Waals surface area contributed by atoms with Gasteiger partial charge in [0, 0.05) is 30.2 Å². The number of benzene rings is 2. The number of carboxylic acid groups (broad SMARTS) is 1. The van der Waals surface area contributed by atoms with Crippen molar-refractivity contribution in [3.63, 3.8) is 0 Å². The quantitative estimate of drug-likeness (QED) is 0.720. The number of anilines is 2. The first-order valence-electron chi connectivity index (χ1n) is 8.65. The fourth-order valence-electron chi connectivity index (χ4n) is 2.64. The average Bonchev–Trinajstić information content (AvgIpc) is 2.62. The number of amides is 1. The second-order valence-electron chi connectivity index (χ2n) is 6.38. The normalized spacial score (nSPS) is 10.7. The molecule has 0 unspecified atom stereocenters. The Morgan fingerprint density at radius 3 is 2.41 bits per heavy atom. The van der Waals surface area contributed by atoms with Crippen molar-refractivity contribution in [2.45, 2.75) is 6.92 Å². The van der Waals surface area contributed by atoms with Crippen molar-refractivity contribution in [1.82, 2.24) is 4.90 Å². The van der Waals surface area contributed by atoms with Gasteiger partial charge >= 0.3 is 5.97 Å². The van der Waals surface area contributed by atoms with Gasteiger partial charge < -0.3 is 20.2 Å². The number of hydrogen-bond acceptors (Lipinski definition) is 4. The maximum Gasteiger partial charge on any atom is 0.335 e. The van der Waals surface area contributed by atoms with E-state index in [0.29, 0.717) is 16.3 Å². The van der Waals surface area contributed by atoms with Crippen LogP contribution in [0.25, 0.3) is 0 Å². The molecular formula is C20H24ClN3O3. The number of carbonyl (C=O) groups excluding carboxylic acids is 1. The number of carbonyl (C=O) groups is 2. The molecule has 0 saturated carbocycles. The number of halogens is 1. The largest absolute Gasteiger partial charge is 0.478 e. The first-order chi connectivity index (χ1) is 12.8. The summed E-state index contributed by atoms with van der Waals surface area (Å²) in [6, 6.07) is 11.4. The van der Waals surface area contributed by atoms with Crippen LogP contribution in [0, 0.1) is 0 Å². The van der Waals surface area contributed by atoms with Crippen molar-refractivity contribution in [2.24, 2.45) is 0 Å². The number of aromatic carboxylic acids is 1. The summed E-state index contributed by atoms with van der Waals surface area (Å²) in [5, 5.41) is 12.6. The van der Waals surface area contributed by atoms with Crippen molar-refractivity contribution in [2.75, 3.05) is 43.9 Å².